The van der Waals surface area contributed by atoms with Crippen molar-refractivity contribution < 1.29 is 37.0 Å². The summed E-state index contributed by atoms with van der Waals surface area (Å²) in [5, 5.41) is 4.11. The molecule has 14 nitrogen and oxygen atoms in total. The molecule has 1 atom stereocenters. The van der Waals surface area contributed by atoms with E-state index in [0.717, 1.165) is 11.6 Å². The van der Waals surface area contributed by atoms with Crippen molar-refractivity contribution in [3.05, 3.63) is 93.0 Å². The number of H-pyrrole nitrogens is 1. The number of nitrogens with zero attached hydrogens (tertiary/aromatic N) is 6. The van der Waals surface area contributed by atoms with E-state index in [1.165, 1.54) is 26.7 Å². The number of hydrogen-bond donors (Lipinski definition) is 2. The van der Waals surface area contributed by atoms with Gasteiger partial charge in [-0.2, -0.15) is 13.2 Å². The Morgan fingerprint density at radius 2 is 1.70 bits per heavy atom. The van der Waals surface area contributed by atoms with Crippen LogP contribution in [-0.4, -0.2) is 99.5 Å². The van der Waals surface area contributed by atoms with E-state index in [4.69, 9.17) is 26.8 Å². The number of rotatable bonds is 9. The number of carbonyl (C=O) groups excluding carboxylic acids is 3. The summed E-state index contributed by atoms with van der Waals surface area (Å²) in [5.74, 6) is -0.0934. The Bertz CT molecular complexity index is 2030. The number of ether oxygens (including phenoxy) is 2. The topological polar surface area (TPSA) is 169 Å². The lowest BCUT2D eigenvalue weighted by molar-refractivity contribution is -0.141. The van der Waals surface area contributed by atoms with Crippen molar-refractivity contribution >= 4 is 41.1 Å². The Kier molecular flexibility index (Phi) is 11.4. The number of likely N-dealkylation sites (tertiary alicyclic amines) is 1. The first-order valence-corrected chi connectivity index (χ1v) is 17.7. The summed E-state index contributed by atoms with van der Waals surface area (Å²) < 4.78 is 53.6. The molecule has 4 heterocycles. The second-order valence-electron chi connectivity index (χ2n) is 12.9. The first-order chi connectivity index (χ1) is 25.8. The number of pyridine rings is 1. The molecule has 3 N–H and O–H groups in total. The van der Waals surface area contributed by atoms with Crippen LogP contribution in [0.15, 0.2) is 65.6 Å². The molecule has 6 rings (SSSR count). The fourth-order valence-electron chi connectivity index (χ4n) is 6.49. The standard InChI is InChI=1S/C36H38ClF3N8O6/c1-2-53-33(50)24-8-9-29(42-21-24)45-14-16-46(17-15-45)32(49)28(20-22-18-26(36(38,39)40)30(41)27(37)19-22)54-35(52)47-12-10-25(11-13-47)48-34(51)43-31(44-48)23-6-4-3-5-7-23/h3-9,18-19,21,25,28H,2,10-17,20,41H2,1H3,(H,43,44,51)/t28-/m1/s1. The van der Waals surface area contributed by atoms with Crippen molar-refractivity contribution in [2.24, 2.45) is 0 Å². The van der Waals surface area contributed by atoms with Crippen molar-refractivity contribution in [3.63, 3.8) is 0 Å². The second kappa shape index (κ2) is 16.2. The van der Waals surface area contributed by atoms with Gasteiger partial charge in [0.2, 0.25) is 0 Å². The third-order valence-corrected chi connectivity index (χ3v) is 9.68. The number of nitrogens with two attached hydrogens (primary N) is 1. The molecule has 0 aliphatic carbocycles. The molecule has 2 aromatic heterocycles. The second-order valence-corrected chi connectivity index (χ2v) is 13.3. The minimum absolute atomic E-state index is 0.00281. The van der Waals surface area contributed by atoms with Crippen LogP contribution in [0.25, 0.3) is 11.4 Å². The number of benzene rings is 2. The fourth-order valence-corrected chi connectivity index (χ4v) is 6.73. The van der Waals surface area contributed by atoms with E-state index in [9.17, 15) is 32.3 Å². The first kappa shape index (κ1) is 38.2. The van der Waals surface area contributed by atoms with Crippen molar-refractivity contribution in [2.45, 2.75) is 44.5 Å². The molecule has 4 aromatic rings. The van der Waals surface area contributed by atoms with E-state index in [1.807, 2.05) is 35.2 Å². The number of anilines is 2. The number of esters is 1. The maximum Gasteiger partial charge on any atom is 0.418 e. The summed E-state index contributed by atoms with van der Waals surface area (Å²) in [5.41, 5.74) is 4.49. The van der Waals surface area contributed by atoms with Crippen LogP contribution in [0.1, 0.15) is 47.3 Å². The molecule has 0 radical (unpaired) electrons. The molecule has 18 heteroatoms. The summed E-state index contributed by atoms with van der Waals surface area (Å²) >= 11 is 6.09. The molecule has 2 aromatic carbocycles. The van der Waals surface area contributed by atoms with Crippen molar-refractivity contribution in [2.75, 3.05) is 56.5 Å². The van der Waals surface area contributed by atoms with Crippen LogP contribution in [0.3, 0.4) is 0 Å². The number of amides is 2. The zero-order chi connectivity index (χ0) is 38.6. The van der Waals surface area contributed by atoms with Crippen LogP contribution in [0, 0.1) is 0 Å². The molecule has 2 saturated heterocycles. The zero-order valence-corrected chi connectivity index (χ0v) is 30.0. The molecule has 54 heavy (non-hydrogen) atoms. The molecular weight excluding hydrogens is 733 g/mol. The van der Waals surface area contributed by atoms with Crippen LogP contribution in [0.5, 0.6) is 0 Å². The van der Waals surface area contributed by atoms with Gasteiger partial charge in [-0.3, -0.25) is 9.78 Å². The van der Waals surface area contributed by atoms with Gasteiger partial charge in [0.05, 0.1) is 34.5 Å². The third-order valence-electron chi connectivity index (χ3n) is 9.37. The monoisotopic (exact) mass is 770 g/mol. The average molecular weight is 771 g/mol. The lowest BCUT2D eigenvalue weighted by Crippen LogP contribution is -2.53. The van der Waals surface area contributed by atoms with E-state index in [2.05, 4.69) is 15.1 Å². The van der Waals surface area contributed by atoms with Crippen LogP contribution in [-0.2, 0) is 26.9 Å². The molecule has 2 fully saturated rings. The molecule has 2 amide bonds. The minimum atomic E-state index is -4.82. The van der Waals surface area contributed by atoms with E-state index in [0.29, 0.717) is 43.1 Å². The number of aromatic amines is 1. The maximum absolute atomic E-state index is 14.0. The highest BCUT2D eigenvalue weighted by molar-refractivity contribution is 6.33. The zero-order valence-electron chi connectivity index (χ0n) is 29.2. The Labute approximate surface area is 312 Å². The Morgan fingerprint density at radius 3 is 2.33 bits per heavy atom. The molecule has 0 unspecified atom stereocenters. The van der Waals surface area contributed by atoms with Crippen LogP contribution < -0.4 is 16.3 Å². The van der Waals surface area contributed by atoms with Gasteiger partial charge in [0.1, 0.15) is 5.82 Å². The maximum atomic E-state index is 14.0. The van der Waals surface area contributed by atoms with Gasteiger partial charge >= 0.3 is 23.9 Å². The number of piperazine rings is 1. The van der Waals surface area contributed by atoms with E-state index >= 15 is 0 Å². The quantitative estimate of drug-likeness (QED) is 0.178. The predicted molar refractivity (Wildman–Crippen MR) is 192 cm³/mol. The number of carbonyl (C=O) groups is 3. The fraction of sp³-hybridized carbons (Fsp3) is 0.389. The molecule has 2 aliphatic heterocycles. The summed E-state index contributed by atoms with van der Waals surface area (Å²) in [4.78, 5) is 64.2. The molecule has 0 saturated carbocycles. The molecule has 0 spiro atoms. The smallest absolute Gasteiger partial charge is 0.418 e. The predicted octanol–water partition coefficient (Wildman–Crippen LogP) is 4.80. The number of piperidine rings is 1. The average Bonchev–Trinajstić information content (AvgIpc) is 3.57. The first-order valence-electron chi connectivity index (χ1n) is 17.3. The summed E-state index contributed by atoms with van der Waals surface area (Å²) in [6.45, 7) is 3.36. The van der Waals surface area contributed by atoms with Gasteiger partial charge in [-0.1, -0.05) is 41.9 Å². The number of alkyl halides is 3. The summed E-state index contributed by atoms with van der Waals surface area (Å²) in [7, 11) is 0. The van der Waals surface area contributed by atoms with Gasteiger partial charge < -0.3 is 29.9 Å². The van der Waals surface area contributed by atoms with E-state index in [-0.39, 0.29) is 55.1 Å². The number of halogens is 4. The molecule has 2 aliphatic rings. The number of nitrogen functional groups attached to an aromatic ring is 1. The largest absolute Gasteiger partial charge is 0.462 e. The van der Waals surface area contributed by atoms with Crippen molar-refractivity contribution in [1.82, 2.24) is 29.5 Å². The number of aromatic nitrogens is 4. The SMILES string of the molecule is CCOC(=O)c1ccc(N2CCN(C(=O)[C@@H](Cc3cc(Cl)c(N)c(C(F)(F)F)c3)OC(=O)N3CCC(n4nc(-c5ccccc5)[nH]c4=O)CC3)CC2)nc1. The van der Waals surface area contributed by atoms with Gasteiger partial charge in [-0.05, 0) is 49.6 Å². The van der Waals surface area contributed by atoms with Crippen LogP contribution in [0.2, 0.25) is 5.02 Å². The lowest BCUT2D eigenvalue weighted by Gasteiger charge is -2.37. The third kappa shape index (κ3) is 8.62. The van der Waals surface area contributed by atoms with Gasteiger partial charge in [0.25, 0.3) is 5.91 Å². The van der Waals surface area contributed by atoms with Crippen molar-refractivity contribution in [1.29, 1.82) is 0 Å². The van der Waals surface area contributed by atoms with Gasteiger partial charge in [-0.25, -0.2) is 24.0 Å². The minimum Gasteiger partial charge on any atom is -0.462 e. The highest BCUT2D eigenvalue weighted by Gasteiger charge is 2.37. The lowest BCUT2D eigenvalue weighted by atomic mass is 10.0. The van der Waals surface area contributed by atoms with Gasteiger partial charge in [0, 0.05) is 57.4 Å². The van der Waals surface area contributed by atoms with Crippen LogP contribution in [0.4, 0.5) is 29.5 Å². The molecular formula is C36H38ClF3N8O6. The van der Waals surface area contributed by atoms with Gasteiger partial charge in [0.15, 0.2) is 11.9 Å². The highest BCUT2D eigenvalue weighted by Crippen LogP contribution is 2.38. The Balaban J connectivity index is 1.14. The van der Waals surface area contributed by atoms with Gasteiger partial charge in [-0.15, -0.1) is 5.10 Å². The normalized spacial score (nSPS) is 15.9. The van der Waals surface area contributed by atoms with E-state index in [1.54, 1.807) is 19.1 Å². The summed E-state index contributed by atoms with van der Waals surface area (Å²) in [6, 6.07) is 14.2. The number of nitrogens with one attached hydrogen (secondary N) is 1. The molecule has 286 valence electrons. The highest BCUT2D eigenvalue weighted by atomic mass is 35.5. The molecule has 0 bridgehead atoms. The Morgan fingerprint density at radius 1 is 1.00 bits per heavy atom. The van der Waals surface area contributed by atoms with Crippen molar-refractivity contribution in [3.8, 4) is 11.4 Å². The number of hydrogen-bond acceptors (Lipinski definition) is 10. The Hall–Kier alpha value is -5.58. The van der Waals surface area contributed by atoms with Crippen LogP contribution >= 0.6 is 11.6 Å². The summed E-state index contributed by atoms with van der Waals surface area (Å²) in [6.07, 6.45) is -5.39. The van der Waals surface area contributed by atoms with E-state index < -0.39 is 47.9 Å².